The molecule has 3 N–H and O–H groups in total. The van der Waals surface area contributed by atoms with E-state index in [-0.39, 0.29) is 5.69 Å². The van der Waals surface area contributed by atoms with Crippen LogP contribution < -0.4 is 11.1 Å². The number of aromatic nitrogens is 3. The maximum Gasteiger partial charge on any atom is 0.273 e. The van der Waals surface area contributed by atoms with Crippen molar-refractivity contribution in [2.75, 3.05) is 0 Å². The number of nitrogens with zero attached hydrogens (tertiary/aromatic N) is 3. The third-order valence-electron chi connectivity index (χ3n) is 4.34. The second kappa shape index (κ2) is 7.19. The van der Waals surface area contributed by atoms with Gasteiger partial charge in [0, 0.05) is 11.6 Å². The summed E-state index contributed by atoms with van der Waals surface area (Å²) in [6.07, 6.45) is 1.72. The summed E-state index contributed by atoms with van der Waals surface area (Å²) in [4.78, 5) is 29.0. The van der Waals surface area contributed by atoms with Crippen molar-refractivity contribution in [1.82, 2.24) is 20.1 Å². The number of nitrogens with two attached hydrogens (primary N) is 1. The van der Waals surface area contributed by atoms with E-state index in [2.05, 4.69) is 15.4 Å². The van der Waals surface area contributed by atoms with E-state index < -0.39 is 23.3 Å². The summed E-state index contributed by atoms with van der Waals surface area (Å²) in [6, 6.07) is 12.3. The zero-order chi connectivity index (χ0) is 19.6. The number of amides is 2. The van der Waals surface area contributed by atoms with Gasteiger partial charge in [-0.25, -0.2) is 0 Å². The lowest BCUT2D eigenvalue weighted by Gasteiger charge is -2.28. The fourth-order valence-corrected chi connectivity index (χ4v) is 2.97. The number of hydrogen-bond donors (Lipinski definition) is 2. The zero-order valence-electron chi connectivity index (χ0n) is 15.6. The Balaban J connectivity index is 1.97. The minimum atomic E-state index is -0.801. The molecule has 2 aromatic heterocycles. The van der Waals surface area contributed by atoms with E-state index in [4.69, 9.17) is 5.73 Å². The summed E-state index contributed by atoms with van der Waals surface area (Å²) >= 11 is 0. The van der Waals surface area contributed by atoms with E-state index in [1.165, 1.54) is 0 Å². The average Bonchev–Trinajstić information content (AvgIpc) is 2.98. The highest BCUT2D eigenvalue weighted by atomic mass is 16.2. The molecule has 0 aliphatic rings. The van der Waals surface area contributed by atoms with E-state index >= 15 is 0 Å². The number of benzene rings is 1. The number of carbonyl (C=O) groups is 2. The largest absolute Gasteiger partial charge is 0.368 e. The molecule has 3 rings (SSSR count). The first-order valence-electron chi connectivity index (χ1n) is 8.73. The van der Waals surface area contributed by atoms with Gasteiger partial charge in [-0.15, -0.1) is 0 Å². The first-order valence-corrected chi connectivity index (χ1v) is 8.73. The van der Waals surface area contributed by atoms with Crippen LogP contribution in [0.2, 0.25) is 0 Å². The van der Waals surface area contributed by atoms with Crippen LogP contribution in [0, 0.1) is 5.41 Å². The molecule has 0 unspecified atom stereocenters. The van der Waals surface area contributed by atoms with Crippen molar-refractivity contribution in [3.05, 3.63) is 60.0 Å². The molecule has 0 spiro atoms. The van der Waals surface area contributed by atoms with Crippen LogP contribution in [-0.4, -0.2) is 32.6 Å². The molecule has 2 heterocycles. The number of rotatable bonds is 5. The summed E-state index contributed by atoms with van der Waals surface area (Å²) in [5, 5.41) is 7.94. The van der Waals surface area contributed by atoms with Crippen LogP contribution in [0.25, 0.3) is 10.9 Å². The Hall–Kier alpha value is -3.22. The van der Waals surface area contributed by atoms with Crippen LogP contribution in [-0.2, 0) is 11.3 Å². The molecule has 0 aliphatic heterocycles. The van der Waals surface area contributed by atoms with Crippen LogP contribution in [0.5, 0.6) is 0 Å². The number of pyridine rings is 1. The SMILES string of the molecule is CC(C)(C)[C@H](NC(=O)c1nn(Cc2ccccn2)c2ccccc12)C(N)=O. The van der Waals surface area contributed by atoms with E-state index in [9.17, 15) is 9.59 Å². The summed E-state index contributed by atoms with van der Waals surface area (Å²) in [5.41, 5.74) is 6.89. The van der Waals surface area contributed by atoms with Gasteiger partial charge in [0.1, 0.15) is 6.04 Å². The summed E-state index contributed by atoms with van der Waals surface area (Å²) < 4.78 is 1.74. The van der Waals surface area contributed by atoms with Gasteiger partial charge in [0.15, 0.2) is 5.69 Å². The van der Waals surface area contributed by atoms with E-state index in [1.807, 2.05) is 63.2 Å². The van der Waals surface area contributed by atoms with Gasteiger partial charge in [-0.1, -0.05) is 45.0 Å². The molecule has 0 aliphatic carbocycles. The smallest absolute Gasteiger partial charge is 0.273 e. The van der Waals surface area contributed by atoms with E-state index in [1.54, 1.807) is 10.9 Å². The molecule has 7 nitrogen and oxygen atoms in total. The molecule has 2 amide bonds. The van der Waals surface area contributed by atoms with Crippen LogP contribution in [0.3, 0.4) is 0 Å². The predicted octanol–water partition coefficient (Wildman–Crippen LogP) is 2.11. The maximum absolute atomic E-state index is 12.9. The van der Waals surface area contributed by atoms with E-state index in [0.29, 0.717) is 11.9 Å². The first kappa shape index (κ1) is 18.6. The number of fused-ring (bicyclic) bond motifs is 1. The predicted molar refractivity (Wildman–Crippen MR) is 103 cm³/mol. The van der Waals surface area contributed by atoms with Crippen molar-refractivity contribution in [3.8, 4) is 0 Å². The molecule has 0 fully saturated rings. The van der Waals surface area contributed by atoms with Gasteiger partial charge in [0.25, 0.3) is 5.91 Å². The topological polar surface area (TPSA) is 103 Å². The zero-order valence-corrected chi connectivity index (χ0v) is 15.6. The summed E-state index contributed by atoms with van der Waals surface area (Å²) in [7, 11) is 0. The van der Waals surface area contributed by atoms with Crippen LogP contribution in [0.4, 0.5) is 0 Å². The molecule has 0 saturated carbocycles. The van der Waals surface area contributed by atoms with Gasteiger partial charge in [-0.3, -0.25) is 19.3 Å². The summed E-state index contributed by atoms with van der Waals surface area (Å²) in [5.74, 6) is -1.00. The van der Waals surface area contributed by atoms with Gasteiger partial charge in [-0.2, -0.15) is 5.10 Å². The lowest BCUT2D eigenvalue weighted by atomic mass is 9.86. The number of carbonyl (C=O) groups excluding carboxylic acids is 2. The summed E-state index contributed by atoms with van der Waals surface area (Å²) in [6.45, 7) is 5.98. The Morgan fingerprint density at radius 2 is 1.85 bits per heavy atom. The highest BCUT2D eigenvalue weighted by molar-refractivity contribution is 6.06. The van der Waals surface area contributed by atoms with Crippen molar-refractivity contribution in [3.63, 3.8) is 0 Å². The Morgan fingerprint density at radius 1 is 1.15 bits per heavy atom. The quantitative estimate of drug-likeness (QED) is 0.723. The van der Waals surface area contributed by atoms with Crippen molar-refractivity contribution < 1.29 is 9.59 Å². The number of para-hydroxylation sites is 1. The molecular weight excluding hydrogens is 342 g/mol. The van der Waals surface area contributed by atoms with Crippen LogP contribution in [0.15, 0.2) is 48.7 Å². The Kier molecular flexibility index (Phi) is 4.94. The number of primary amides is 1. The second-order valence-corrected chi connectivity index (χ2v) is 7.52. The normalized spacial score (nSPS) is 12.7. The van der Waals surface area contributed by atoms with Gasteiger partial charge < -0.3 is 11.1 Å². The molecule has 1 atom stereocenters. The van der Waals surface area contributed by atoms with Gasteiger partial charge in [-0.05, 0) is 23.6 Å². The number of hydrogen-bond acceptors (Lipinski definition) is 4. The third-order valence-corrected chi connectivity index (χ3v) is 4.34. The van der Waals surface area contributed by atoms with Gasteiger partial charge in [0.05, 0.1) is 17.8 Å². The standard InChI is InChI=1S/C20H23N5O2/c1-20(2,3)17(18(21)26)23-19(27)16-14-9-4-5-10-15(14)25(24-16)12-13-8-6-7-11-22-13/h4-11,17H,12H2,1-3H3,(H2,21,26)(H,23,27)/t17-/m1/s1. The molecule has 0 radical (unpaired) electrons. The fraction of sp³-hybridized carbons (Fsp3) is 0.300. The van der Waals surface area contributed by atoms with Crippen molar-refractivity contribution in [2.45, 2.75) is 33.4 Å². The molecular formula is C20H23N5O2. The monoisotopic (exact) mass is 365 g/mol. The maximum atomic E-state index is 12.9. The molecule has 7 heteroatoms. The Bertz CT molecular complexity index is 973. The Morgan fingerprint density at radius 3 is 2.48 bits per heavy atom. The Labute approximate surface area is 157 Å². The van der Waals surface area contributed by atoms with Crippen LogP contribution in [0.1, 0.15) is 37.0 Å². The molecule has 27 heavy (non-hydrogen) atoms. The van der Waals surface area contributed by atoms with Gasteiger partial charge in [0.2, 0.25) is 5.91 Å². The number of nitrogens with one attached hydrogen (secondary N) is 1. The van der Waals surface area contributed by atoms with Crippen molar-refractivity contribution in [2.24, 2.45) is 11.1 Å². The minimum Gasteiger partial charge on any atom is -0.368 e. The highest BCUT2D eigenvalue weighted by Gasteiger charge is 2.32. The molecule has 1 aromatic carbocycles. The molecule has 0 saturated heterocycles. The minimum absolute atomic E-state index is 0.261. The second-order valence-electron chi connectivity index (χ2n) is 7.52. The average molecular weight is 365 g/mol. The van der Waals surface area contributed by atoms with E-state index in [0.717, 1.165) is 11.2 Å². The van der Waals surface area contributed by atoms with Crippen molar-refractivity contribution in [1.29, 1.82) is 0 Å². The molecule has 140 valence electrons. The molecule has 0 bridgehead atoms. The van der Waals surface area contributed by atoms with Gasteiger partial charge >= 0.3 is 0 Å². The lowest BCUT2D eigenvalue weighted by Crippen LogP contribution is -2.52. The highest BCUT2D eigenvalue weighted by Crippen LogP contribution is 2.22. The lowest BCUT2D eigenvalue weighted by molar-refractivity contribution is -0.122. The third kappa shape index (κ3) is 3.97. The molecule has 3 aromatic rings. The van der Waals surface area contributed by atoms with Crippen LogP contribution >= 0.6 is 0 Å². The van der Waals surface area contributed by atoms with Crippen molar-refractivity contribution >= 4 is 22.7 Å². The first-order chi connectivity index (χ1) is 12.8. The fourth-order valence-electron chi connectivity index (χ4n) is 2.97.